The van der Waals surface area contributed by atoms with Gasteiger partial charge >= 0.3 is 5.69 Å². The lowest BCUT2D eigenvalue weighted by atomic mass is 10.2. The number of ether oxygens (including phenoxy) is 2. The molecule has 2 heterocycles. The van der Waals surface area contributed by atoms with Crippen LogP contribution in [0.1, 0.15) is 18.4 Å². The van der Waals surface area contributed by atoms with Gasteiger partial charge in [0.15, 0.2) is 10.9 Å². The lowest BCUT2D eigenvalue weighted by Gasteiger charge is -2.14. The van der Waals surface area contributed by atoms with E-state index in [9.17, 15) is 14.9 Å². The lowest BCUT2D eigenvalue weighted by molar-refractivity contribution is -0.386. The fourth-order valence-corrected chi connectivity index (χ4v) is 3.50. The molecule has 4 rings (SSSR count). The number of nitrogens with zero attached hydrogens (tertiary/aromatic N) is 2. The Morgan fingerprint density at radius 1 is 1.12 bits per heavy atom. The molecular weight excluding hydrogens is 446 g/mol. The van der Waals surface area contributed by atoms with Gasteiger partial charge in [0.25, 0.3) is 5.91 Å². The number of thiocarbonyl (C=S) groups is 1. The third-order valence-corrected chi connectivity index (χ3v) is 4.97. The van der Waals surface area contributed by atoms with E-state index >= 15 is 0 Å². The highest BCUT2D eigenvalue weighted by Gasteiger charge is 2.32. The molecule has 1 aliphatic heterocycles. The van der Waals surface area contributed by atoms with Crippen molar-refractivity contribution in [1.29, 1.82) is 0 Å². The zero-order valence-corrected chi connectivity index (χ0v) is 18.3. The molecule has 33 heavy (non-hydrogen) atoms. The molecule has 9 nitrogen and oxygen atoms in total. The average molecular weight is 465 g/mol. The molecular formula is C23H19N3O6S. The number of amides is 1. The summed E-state index contributed by atoms with van der Waals surface area (Å²) in [5.74, 6) is 1.37. The first-order valence-corrected chi connectivity index (χ1v) is 10.4. The fraction of sp³-hybridized carbons (Fsp3) is 0.130. The molecule has 0 aliphatic carbocycles. The standard InChI is InChI=1S/C23H19N3O6S/c1-2-30-16-9-7-15(8-10-16)25-22(27)19(24-23(25)33)13-17-11-12-18(32-17)14-31-21-6-4-3-5-20(21)26(28)29/h3-13H,2,14H2,1H3,(H,24,33)/b19-13+. The van der Waals surface area contributed by atoms with Crippen LogP contribution in [0.5, 0.6) is 11.5 Å². The molecule has 1 amide bonds. The minimum atomic E-state index is -0.510. The van der Waals surface area contributed by atoms with Crippen LogP contribution in [-0.4, -0.2) is 22.5 Å². The smallest absolute Gasteiger partial charge is 0.310 e. The highest BCUT2D eigenvalue weighted by atomic mass is 32.1. The van der Waals surface area contributed by atoms with Gasteiger partial charge in [-0.25, -0.2) is 0 Å². The quantitative estimate of drug-likeness (QED) is 0.225. The molecule has 0 saturated carbocycles. The van der Waals surface area contributed by atoms with Gasteiger partial charge < -0.3 is 19.2 Å². The van der Waals surface area contributed by atoms with Crippen LogP contribution in [0.3, 0.4) is 0 Å². The number of nitro groups is 1. The van der Waals surface area contributed by atoms with Gasteiger partial charge in [-0.1, -0.05) is 12.1 Å². The number of benzene rings is 2. The van der Waals surface area contributed by atoms with Crippen LogP contribution in [0.4, 0.5) is 11.4 Å². The van der Waals surface area contributed by atoms with Crippen LogP contribution in [-0.2, 0) is 11.4 Å². The maximum atomic E-state index is 12.9. The Morgan fingerprint density at radius 2 is 1.88 bits per heavy atom. The van der Waals surface area contributed by atoms with E-state index in [1.165, 1.54) is 23.1 Å². The summed E-state index contributed by atoms with van der Waals surface area (Å²) in [5, 5.41) is 14.2. The highest BCUT2D eigenvalue weighted by molar-refractivity contribution is 7.80. The second kappa shape index (κ2) is 9.53. The van der Waals surface area contributed by atoms with Gasteiger partial charge in [0, 0.05) is 12.1 Å². The van der Waals surface area contributed by atoms with Gasteiger partial charge in [0.05, 0.1) is 17.2 Å². The number of carbonyl (C=O) groups is 1. The fourth-order valence-electron chi connectivity index (χ4n) is 3.20. The molecule has 2 aromatic carbocycles. The monoisotopic (exact) mass is 465 g/mol. The van der Waals surface area contributed by atoms with Crippen LogP contribution in [0.15, 0.2) is 70.8 Å². The van der Waals surface area contributed by atoms with Crippen LogP contribution in [0.2, 0.25) is 0 Å². The molecule has 0 spiro atoms. The number of para-hydroxylation sites is 2. The van der Waals surface area contributed by atoms with Gasteiger partial charge in [-0.15, -0.1) is 0 Å². The maximum Gasteiger partial charge on any atom is 0.310 e. The van der Waals surface area contributed by atoms with E-state index in [0.29, 0.717) is 29.6 Å². The third kappa shape index (κ3) is 4.85. The summed E-state index contributed by atoms with van der Waals surface area (Å²) in [6.45, 7) is 2.44. The van der Waals surface area contributed by atoms with Crippen molar-refractivity contribution < 1.29 is 23.6 Å². The second-order valence-electron chi connectivity index (χ2n) is 6.87. The van der Waals surface area contributed by atoms with E-state index < -0.39 is 4.92 Å². The van der Waals surface area contributed by atoms with Crippen LogP contribution >= 0.6 is 12.2 Å². The van der Waals surface area contributed by atoms with E-state index in [1.54, 1.807) is 48.5 Å². The van der Waals surface area contributed by atoms with Gasteiger partial charge in [-0.3, -0.25) is 19.8 Å². The number of carbonyl (C=O) groups excluding carboxylic acids is 1. The molecule has 168 valence electrons. The van der Waals surface area contributed by atoms with Crippen molar-refractivity contribution in [3.8, 4) is 11.5 Å². The summed E-state index contributed by atoms with van der Waals surface area (Å²) in [5.41, 5.74) is 0.742. The number of nitrogens with one attached hydrogen (secondary N) is 1. The van der Waals surface area contributed by atoms with Gasteiger partial charge in [-0.2, -0.15) is 0 Å². The minimum absolute atomic E-state index is 0.00782. The van der Waals surface area contributed by atoms with E-state index in [1.807, 2.05) is 6.92 Å². The number of hydrogen-bond donors (Lipinski definition) is 1. The van der Waals surface area contributed by atoms with E-state index in [-0.39, 0.29) is 34.8 Å². The van der Waals surface area contributed by atoms with Crippen molar-refractivity contribution in [1.82, 2.24) is 5.32 Å². The number of nitro benzene ring substituents is 1. The molecule has 0 atom stereocenters. The van der Waals surface area contributed by atoms with E-state index in [2.05, 4.69) is 5.32 Å². The van der Waals surface area contributed by atoms with Gasteiger partial charge in [0.2, 0.25) is 0 Å². The number of furan rings is 1. The van der Waals surface area contributed by atoms with E-state index in [0.717, 1.165) is 0 Å². The molecule has 3 aromatic rings. The average Bonchev–Trinajstić information content (AvgIpc) is 3.37. The molecule has 1 fully saturated rings. The zero-order valence-electron chi connectivity index (χ0n) is 17.5. The van der Waals surface area contributed by atoms with Crippen molar-refractivity contribution in [2.75, 3.05) is 11.5 Å². The van der Waals surface area contributed by atoms with E-state index in [4.69, 9.17) is 26.1 Å². The Balaban J connectivity index is 1.45. The first-order valence-electron chi connectivity index (χ1n) is 10.0. The van der Waals surface area contributed by atoms with Crippen molar-refractivity contribution in [2.45, 2.75) is 13.5 Å². The topological polar surface area (TPSA) is 107 Å². The molecule has 10 heteroatoms. The highest BCUT2D eigenvalue weighted by Crippen LogP contribution is 2.28. The Kier molecular flexibility index (Phi) is 6.36. The Hall–Kier alpha value is -4.18. The molecule has 1 saturated heterocycles. The van der Waals surface area contributed by atoms with Crippen LogP contribution < -0.4 is 19.7 Å². The maximum absolute atomic E-state index is 12.9. The second-order valence-corrected chi connectivity index (χ2v) is 7.26. The SMILES string of the molecule is CCOc1ccc(N2C(=O)/C(=C\c3ccc(COc4ccccc4[N+](=O)[O-])o3)NC2=S)cc1. The van der Waals surface area contributed by atoms with Crippen LogP contribution in [0.25, 0.3) is 6.08 Å². The lowest BCUT2D eigenvalue weighted by Crippen LogP contribution is -2.30. The molecule has 0 radical (unpaired) electrons. The molecule has 0 bridgehead atoms. The summed E-state index contributed by atoms with van der Waals surface area (Å²) in [6.07, 6.45) is 1.54. The largest absolute Gasteiger partial charge is 0.494 e. The first kappa shape index (κ1) is 22.0. The minimum Gasteiger partial charge on any atom is -0.494 e. The number of hydrogen-bond acceptors (Lipinski definition) is 7. The Bertz CT molecular complexity index is 1240. The summed E-state index contributed by atoms with van der Waals surface area (Å²) in [6, 6.07) is 16.5. The van der Waals surface area contributed by atoms with Crippen molar-refractivity contribution in [2.24, 2.45) is 0 Å². The predicted molar refractivity (Wildman–Crippen MR) is 125 cm³/mol. The molecule has 0 unspecified atom stereocenters. The Morgan fingerprint density at radius 3 is 2.61 bits per heavy atom. The summed E-state index contributed by atoms with van der Waals surface area (Å²) in [4.78, 5) is 24.9. The molecule has 1 aromatic heterocycles. The predicted octanol–water partition coefficient (Wildman–Crippen LogP) is 4.43. The first-order chi connectivity index (χ1) is 16.0. The van der Waals surface area contributed by atoms with Crippen molar-refractivity contribution >= 4 is 40.7 Å². The van der Waals surface area contributed by atoms with Crippen molar-refractivity contribution in [3.63, 3.8) is 0 Å². The third-order valence-electron chi connectivity index (χ3n) is 4.69. The zero-order chi connectivity index (χ0) is 23.4. The summed E-state index contributed by atoms with van der Waals surface area (Å²) in [7, 11) is 0. The molecule has 1 aliphatic rings. The number of rotatable bonds is 8. The Labute approximate surface area is 194 Å². The normalized spacial score (nSPS) is 14.5. The summed E-state index contributed by atoms with van der Waals surface area (Å²) >= 11 is 5.33. The molecule has 1 N–H and O–H groups in total. The van der Waals surface area contributed by atoms with Crippen molar-refractivity contribution in [3.05, 3.63) is 88.0 Å². The van der Waals surface area contributed by atoms with Crippen LogP contribution in [0, 0.1) is 10.1 Å². The van der Waals surface area contributed by atoms with Gasteiger partial charge in [-0.05, 0) is 61.6 Å². The summed E-state index contributed by atoms with van der Waals surface area (Å²) < 4.78 is 16.6. The number of anilines is 1. The van der Waals surface area contributed by atoms with Gasteiger partial charge in [0.1, 0.15) is 29.6 Å².